The molecule has 178 valence electrons. The lowest BCUT2D eigenvalue weighted by atomic mass is 9.77. The summed E-state index contributed by atoms with van der Waals surface area (Å²) in [6, 6.07) is 4.69. The van der Waals surface area contributed by atoms with E-state index in [0.29, 0.717) is 43.8 Å². The zero-order valence-corrected chi connectivity index (χ0v) is 19.4. The van der Waals surface area contributed by atoms with E-state index in [2.05, 4.69) is 10.6 Å². The summed E-state index contributed by atoms with van der Waals surface area (Å²) in [4.78, 5) is 53.9. The number of imide groups is 1. The van der Waals surface area contributed by atoms with Crippen LogP contribution in [0, 0.1) is 5.92 Å². The van der Waals surface area contributed by atoms with Crippen LogP contribution >= 0.6 is 0 Å². The minimum atomic E-state index is -1.25. The van der Waals surface area contributed by atoms with Gasteiger partial charge in [-0.3, -0.25) is 14.9 Å². The highest BCUT2D eigenvalue weighted by Crippen LogP contribution is 2.35. The van der Waals surface area contributed by atoms with Crippen LogP contribution in [0.4, 0.5) is 9.59 Å². The lowest BCUT2D eigenvalue weighted by molar-refractivity contribution is -0.127. The molecule has 2 N–H and O–H groups in total. The molecule has 0 saturated carbocycles. The molecule has 0 aromatic heterocycles. The Kier molecular flexibility index (Phi) is 5.71. The van der Waals surface area contributed by atoms with Crippen molar-refractivity contribution in [2.24, 2.45) is 5.92 Å². The van der Waals surface area contributed by atoms with E-state index in [1.165, 1.54) is 0 Å². The Balaban J connectivity index is 1.51. The van der Waals surface area contributed by atoms with Crippen LogP contribution in [0.5, 0.6) is 5.75 Å². The second kappa shape index (κ2) is 8.24. The molecule has 0 aliphatic carbocycles. The molecule has 2 saturated heterocycles. The van der Waals surface area contributed by atoms with Crippen molar-refractivity contribution < 1.29 is 28.7 Å². The highest BCUT2D eigenvalue weighted by atomic mass is 16.6. The molecule has 10 nitrogen and oxygen atoms in total. The summed E-state index contributed by atoms with van der Waals surface area (Å²) in [6.07, 6.45) is 0.597. The molecule has 5 amide bonds. The Morgan fingerprint density at radius 3 is 2.45 bits per heavy atom. The van der Waals surface area contributed by atoms with E-state index in [9.17, 15) is 19.2 Å². The van der Waals surface area contributed by atoms with Gasteiger partial charge in [-0.25, -0.2) is 9.59 Å². The number of ether oxygens (including phenoxy) is 2. The van der Waals surface area contributed by atoms with Crippen molar-refractivity contribution in [2.45, 2.75) is 51.3 Å². The van der Waals surface area contributed by atoms with E-state index in [1.807, 2.05) is 26.8 Å². The number of likely N-dealkylation sites (tertiary alicyclic amines) is 1. The van der Waals surface area contributed by atoms with Gasteiger partial charge in [-0.1, -0.05) is 0 Å². The fourth-order valence-electron chi connectivity index (χ4n) is 4.83. The first-order chi connectivity index (χ1) is 15.5. The lowest BCUT2D eigenvalue weighted by Gasteiger charge is -2.42. The minimum absolute atomic E-state index is 0.0531. The zero-order valence-electron chi connectivity index (χ0n) is 19.4. The fourth-order valence-corrected chi connectivity index (χ4v) is 4.83. The van der Waals surface area contributed by atoms with Crippen molar-refractivity contribution in [1.82, 2.24) is 20.4 Å². The number of nitrogens with zero attached hydrogens (tertiary/aromatic N) is 2. The number of fused-ring (bicyclic) bond motifs is 1. The molecule has 0 bridgehead atoms. The summed E-state index contributed by atoms with van der Waals surface area (Å²) in [5.41, 5.74) is -0.462. The first kappa shape index (κ1) is 22.9. The van der Waals surface area contributed by atoms with E-state index >= 15 is 0 Å². The summed E-state index contributed by atoms with van der Waals surface area (Å²) in [5, 5.41) is 5.16. The van der Waals surface area contributed by atoms with Crippen molar-refractivity contribution in [2.75, 3.05) is 26.7 Å². The van der Waals surface area contributed by atoms with Gasteiger partial charge in [-0.2, -0.15) is 0 Å². The molecule has 1 unspecified atom stereocenters. The maximum Gasteiger partial charge on any atom is 0.410 e. The average Bonchev–Trinajstić information content (AvgIpc) is 3.22. The Morgan fingerprint density at radius 2 is 1.88 bits per heavy atom. The summed E-state index contributed by atoms with van der Waals surface area (Å²) >= 11 is 0. The standard InChI is InChI=1S/C23H30N4O6/c1-22(2,3)33-21(31)26-9-7-15(8-10-26)23(19(29)24-20(30)25-23)13-27-12-14-11-16(32-4)5-6-17(14)18(27)28/h5-6,11,15H,7-10,12-13H2,1-4H3,(H2,24,25,29,30). The molecule has 33 heavy (non-hydrogen) atoms. The van der Waals surface area contributed by atoms with E-state index in [4.69, 9.17) is 9.47 Å². The van der Waals surface area contributed by atoms with Crippen molar-refractivity contribution in [1.29, 1.82) is 0 Å². The van der Waals surface area contributed by atoms with Gasteiger partial charge in [0.15, 0.2) is 0 Å². The molecular weight excluding hydrogens is 428 g/mol. The molecule has 2 fully saturated rings. The van der Waals surface area contributed by atoms with Crippen molar-refractivity contribution >= 4 is 23.9 Å². The van der Waals surface area contributed by atoms with E-state index in [0.717, 1.165) is 5.56 Å². The van der Waals surface area contributed by atoms with Gasteiger partial charge in [-0.05, 0) is 63.3 Å². The first-order valence-corrected chi connectivity index (χ1v) is 11.1. The van der Waals surface area contributed by atoms with Crippen LogP contribution in [0.25, 0.3) is 0 Å². The monoisotopic (exact) mass is 458 g/mol. The number of urea groups is 1. The summed E-state index contributed by atoms with van der Waals surface area (Å²) in [5.74, 6) is -0.218. The first-order valence-electron chi connectivity index (χ1n) is 11.1. The number of piperidine rings is 1. The van der Waals surface area contributed by atoms with E-state index < -0.39 is 29.2 Å². The largest absolute Gasteiger partial charge is 0.497 e. The topological polar surface area (TPSA) is 117 Å². The maximum atomic E-state index is 13.0. The number of benzene rings is 1. The number of methoxy groups -OCH3 is 1. The molecule has 3 aliphatic rings. The Morgan fingerprint density at radius 1 is 1.18 bits per heavy atom. The van der Waals surface area contributed by atoms with E-state index in [-0.39, 0.29) is 18.4 Å². The number of carbonyl (C=O) groups is 4. The second-order valence-electron chi connectivity index (χ2n) is 9.81. The Bertz CT molecular complexity index is 995. The van der Waals surface area contributed by atoms with Crippen molar-refractivity contribution in [3.63, 3.8) is 0 Å². The van der Waals surface area contributed by atoms with Gasteiger partial charge in [0.2, 0.25) is 0 Å². The Hall–Kier alpha value is -3.30. The van der Waals surface area contributed by atoms with Crippen LogP contribution in [0.1, 0.15) is 49.5 Å². The number of carbonyl (C=O) groups excluding carboxylic acids is 4. The quantitative estimate of drug-likeness (QED) is 0.666. The van der Waals surface area contributed by atoms with Crippen LogP contribution in [0.2, 0.25) is 0 Å². The van der Waals surface area contributed by atoms with Crippen LogP contribution < -0.4 is 15.4 Å². The lowest BCUT2D eigenvalue weighted by Crippen LogP contribution is -2.62. The van der Waals surface area contributed by atoms with Crippen molar-refractivity contribution in [3.8, 4) is 5.75 Å². The van der Waals surface area contributed by atoms with Crippen LogP contribution in [-0.4, -0.2) is 71.6 Å². The minimum Gasteiger partial charge on any atom is -0.497 e. The highest BCUT2D eigenvalue weighted by molar-refractivity contribution is 6.08. The molecule has 0 radical (unpaired) electrons. The highest BCUT2D eigenvalue weighted by Gasteiger charge is 2.54. The third-order valence-electron chi connectivity index (χ3n) is 6.44. The number of hydrogen-bond donors (Lipinski definition) is 2. The fraction of sp³-hybridized carbons (Fsp3) is 0.565. The molecule has 3 heterocycles. The van der Waals surface area contributed by atoms with Gasteiger partial charge in [-0.15, -0.1) is 0 Å². The van der Waals surface area contributed by atoms with Gasteiger partial charge in [0.05, 0.1) is 13.7 Å². The molecule has 3 aliphatic heterocycles. The van der Waals surface area contributed by atoms with Crippen LogP contribution in [0.3, 0.4) is 0 Å². The molecule has 1 atom stereocenters. The number of hydrogen-bond acceptors (Lipinski definition) is 6. The molecule has 0 spiro atoms. The van der Waals surface area contributed by atoms with Crippen LogP contribution in [-0.2, 0) is 16.1 Å². The molecule has 1 aromatic rings. The predicted octanol–water partition coefficient (Wildman–Crippen LogP) is 1.88. The van der Waals surface area contributed by atoms with Gasteiger partial charge in [0.1, 0.15) is 16.9 Å². The smallest absolute Gasteiger partial charge is 0.410 e. The normalized spacial score (nSPS) is 23.3. The molecular formula is C23H30N4O6. The summed E-state index contributed by atoms with van der Waals surface area (Å²) in [7, 11) is 1.56. The van der Waals surface area contributed by atoms with Gasteiger partial charge in [0, 0.05) is 25.2 Å². The van der Waals surface area contributed by atoms with Gasteiger partial charge in [0.25, 0.3) is 11.8 Å². The molecule has 4 rings (SSSR count). The Labute approximate surface area is 192 Å². The molecule has 10 heteroatoms. The summed E-state index contributed by atoms with van der Waals surface area (Å²) < 4.78 is 10.7. The van der Waals surface area contributed by atoms with E-state index in [1.54, 1.807) is 29.0 Å². The number of amides is 5. The van der Waals surface area contributed by atoms with Gasteiger partial charge >= 0.3 is 12.1 Å². The average molecular weight is 459 g/mol. The third kappa shape index (κ3) is 4.34. The third-order valence-corrected chi connectivity index (χ3v) is 6.44. The van der Waals surface area contributed by atoms with Gasteiger partial charge < -0.3 is 24.6 Å². The van der Waals surface area contributed by atoms with Crippen molar-refractivity contribution in [3.05, 3.63) is 29.3 Å². The number of nitrogens with one attached hydrogen (secondary N) is 2. The number of rotatable bonds is 4. The summed E-state index contributed by atoms with van der Waals surface area (Å²) in [6.45, 7) is 6.61. The second-order valence-corrected chi connectivity index (χ2v) is 9.81. The predicted molar refractivity (Wildman–Crippen MR) is 118 cm³/mol. The van der Waals surface area contributed by atoms with Crippen LogP contribution in [0.15, 0.2) is 18.2 Å². The maximum absolute atomic E-state index is 13.0. The molecule has 1 aromatic carbocycles. The SMILES string of the molecule is COc1ccc2c(c1)CN(CC1(C3CCN(C(=O)OC(C)(C)C)CC3)NC(=O)NC1=O)C2=O. The zero-order chi connectivity index (χ0) is 24.0.